The van der Waals surface area contributed by atoms with E-state index in [4.69, 9.17) is 5.73 Å². The zero-order chi connectivity index (χ0) is 13.0. The number of carbonyl (C=O) groups is 1. The lowest BCUT2D eigenvalue weighted by Crippen LogP contribution is -2.17. The van der Waals surface area contributed by atoms with E-state index in [1.165, 1.54) is 0 Å². The van der Waals surface area contributed by atoms with Crippen molar-refractivity contribution in [2.24, 2.45) is 5.73 Å². The van der Waals surface area contributed by atoms with Crippen molar-refractivity contribution in [3.05, 3.63) is 59.7 Å². The molecule has 2 rings (SSSR count). The molecule has 3 N–H and O–H groups in total. The fraction of sp³-hybridized carbons (Fsp3) is 0.133. The number of hydrogen-bond donors (Lipinski definition) is 2. The van der Waals surface area contributed by atoms with Crippen LogP contribution in [0.2, 0.25) is 0 Å². The van der Waals surface area contributed by atoms with E-state index < -0.39 is 0 Å². The van der Waals surface area contributed by atoms with Gasteiger partial charge in [-0.1, -0.05) is 36.4 Å². The molecule has 1 amide bonds. The molecule has 0 aromatic heterocycles. The minimum Gasteiger partial charge on any atom is -0.355 e. The van der Waals surface area contributed by atoms with E-state index in [0.717, 1.165) is 16.7 Å². The molecule has 2 aromatic rings. The van der Waals surface area contributed by atoms with Crippen molar-refractivity contribution >= 4 is 5.91 Å². The van der Waals surface area contributed by atoms with Crippen LogP contribution in [0.5, 0.6) is 0 Å². The van der Waals surface area contributed by atoms with Crippen molar-refractivity contribution in [2.45, 2.75) is 6.54 Å². The maximum atomic E-state index is 11.6. The number of amides is 1. The highest BCUT2D eigenvalue weighted by Gasteiger charge is 2.04. The van der Waals surface area contributed by atoms with Crippen LogP contribution in [-0.4, -0.2) is 13.0 Å². The highest BCUT2D eigenvalue weighted by Crippen LogP contribution is 2.21. The Morgan fingerprint density at radius 2 is 1.83 bits per heavy atom. The molecule has 0 radical (unpaired) electrons. The van der Waals surface area contributed by atoms with E-state index in [-0.39, 0.29) is 5.91 Å². The summed E-state index contributed by atoms with van der Waals surface area (Å²) in [4.78, 5) is 11.6. The van der Waals surface area contributed by atoms with Crippen LogP contribution >= 0.6 is 0 Å². The molecule has 0 saturated heterocycles. The van der Waals surface area contributed by atoms with Gasteiger partial charge in [-0.15, -0.1) is 0 Å². The molecule has 0 aliphatic rings. The van der Waals surface area contributed by atoms with Gasteiger partial charge in [-0.3, -0.25) is 4.79 Å². The third-order valence-electron chi connectivity index (χ3n) is 2.87. The van der Waals surface area contributed by atoms with Gasteiger partial charge in [0.05, 0.1) is 0 Å². The first kappa shape index (κ1) is 12.3. The average Bonchev–Trinajstić information content (AvgIpc) is 2.46. The minimum absolute atomic E-state index is 0.0737. The molecule has 0 heterocycles. The summed E-state index contributed by atoms with van der Waals surface area (Å²) in [5, 5.41) is 2.62. The molecule has 2 aromatic carbocycles. The third kappa shape index (κ3) is 2.57. The number of hydrogen-bond acceptors (Lipinski definition) is 2. The fourth-order valence-electron chi connectivity index (χ4n) is 1.82. The van der Waals surface area contributed by atoms with E-state index in [0.29, 0.717) is 12.1 Å². The molecular weight excluding hydrogens is 224 g/mol. The predicted molar refractivity (Wildman–Crippen MR) is 73.2 cm³/mol. The second-order valence-electron chi connectivity index (χ2n) is 4.06. The van der Waals surface area contributed by atoms with Gasteiger partial charge in [0.1, 0.15) is 0 Å². The lowest BCUT2D eigenvalue weighted by atomic mass is 10.0. The third-order valence-corrected chi connectivity index (χ3v) is 2.87. The average molecular weight is 240 g/mol. The van der Waals surface area contributed by atoms with E-state index in [2.05, 4.69) is 5.32 Å². The van der Waals surface area contributed by atoms with E-state index >= 15 is 0 Å². The van der Waals surface area contributed by atoms with Gasteiger partial charge in [0.2, 0.25) is 0 Å². The van der Waals surface area contributed by atoms with Gasteiger partial charge in [0.25, 0.3) is 5.91 Å². The van der Waals surface area contributed by atoms with Crippen LogP contribution in [0, 0.1) is 0 Å². The summed E-state index contributed by atoms with van der Waals surface area (Å²) in [6.45, 7) is 0.540. The zero-order valence-electron chi connectivity index (χ0n) is 10.3. The van der Waals surface area contributed by atoms with Gasteiger partial charge in [0.15, 0.2) is 0 Å². The van der Waals surface area contributed by atoms with Crippen LogP contribution in [0.4, 0.5) is 0 Å². The number of nitrogens with one attached hydrogen (secondary N) is 1. The van der Waals surface area contributed by atoms with E-state index in [1.807, 2.05) is 42.5 Å². The molecule has 0 bridgehead atoms. The van der Waals surface area contributed by atoms with E-state index in [9.17, 15) is 4.79 Å². The Labute approximate surface area is 107 Å². The van der Waals surface area contributed by atoms with Gasteiger partial charge < -0.3 is 11.1 Å². The molecule has 0 aliphatic heterocycles. The van der Waals surface area contributed by atoms with Crippen molar-refractivity contribution in [1.29, 1.82) is 0 Å². The molecule has 0 fully saturated rings. The summed E-state index contributed by atoms with van der Waals surface area (Å²) < 4.78 is 0. The monoisotopic (exact) mass is 240 g/mol. The lowest BCUT2D eigenvalue weighted by molar-refractivity contribution is 0.0963. The predicted octanol–water partition coefficient (Wildman–Crippen LogP) is 2.17. The van der Waals surface area contributed by atoms with Gasteiger partial charge in [-0.05, 0) is 28.8 Å². The molecule has 0 saturated carbocycles. The summed E-state index contributed by atoms with van der Waals surface area (Å²) in [6.07, 6.45) is 0. The Morgan fingerprint density at radius 3 is 2.44 bits per heavy atom. The Hall–Kier alpha value is -2.13. The molecule has 0 spiro atoms. The first-order valence-corrected chi connectivity index (χ1v) is 5.86. The van der Waals surface area contributed by atoms with Gasteiger partial charge in [0, 0.05) is 19.2 Å². The molecule has 92 valence electrons. The van der Waals surface area contributed by atoms with E-state index in [1.54, 1.807) is 13.1 Å². The smallest absolute Gasteiger partial charge is 0.251 e. The van der Waals surface area contributed by atoms with Crippen LogP contribution < -0.4 is 11.1 Å². The molecule has 0 unspecified atom stereocenters. The topological polar surface area (TPSA) is 55.1 Å². The van der Waals surface area contributed by atoms with Gasteiger partial charge in [-0.2, -0.15) is 0 Å². The van der Waals surface area contributed by atoms with Crippen molar-refractivity contribution in [1.82, 2.24) is 5.32 Å². The molecule has 0 atom stereocenters. The summed E-state index contributed by atoms with van der Waals surface area (Å²) >= 11 is 0. The molecular formula is C15H16N2O. The highest BCUT2D eigenvalue weighted by atomic mass is 16.1. The fourth-order valence-corrected chi connectivity index (χ4v) is 1.82. The van der Waals surface area contributed by atoms with Crippen LogP contribution in [0.3, 0.4) is 0 Å². The second-order valence-corrected chi connectivity index (χ2v) is 4.06. The lowest BCUT2D eigenvalue weighted by Gasteiger charge is -2.05. The second kappa shape index (κ2) is 5.47. The molecule has 3 nitrogen and oxygen atoms in total. The summed E-state index contributed by atoms with van der Waals surface area (Å²) in [5.41, 5.74) is 9.44. The zero-order valence-corrected chi connectivity index (χ0v) is 10.3. The molecule has 0 aliphatic carbocycles. The number of benzene rings is 2. The Kier molecular flexibility index (Phi) is 3.75. The Bertz CT molecular complexity index is 547. The Morgan fingerprint density at radius 1 is 1.11 bits per heavy atom. The van der Waals surface area contributed by atoms with Crippen LogP contribution in [0.25, 0.3) is 11.1 Å². The van der Waals surface area contributed by atoms with Crippen molar-refractivity contribution in [2.75, 3.05) is 7.05 Å². The van der Waals surface area contributed by atoms with Crippen molar-refractivity contribution < 1.29 is 4.79 Å². The van der Waals surface area contributed by atoms with Crippen molar-refractivity contribution in [3.63, 3.8) is 0 Å². The maximum Gasteiger partial charge on any atom is 0.251 e. The number of carbonyl (C=O) groups excluding carboxylic acids is 1. The highest BCUT2D eigenvalue weighted by molar-refractivity contribution is 5.95. The maximum absolute atomic E-state index is 11.6. The number of nitrogens with two attached hydrogens (primary N) is 1. The quantitative estimate of drug-likeness (QED) is 0.864. The van der Waals surface area contributed by atoms with Gasteiger partial charge >= 0.3 is 0 Å². The van der Waals surface area contributed by atoms with Crippen LogP contribution in [0.15, 0.2) is 48.5 Å². The summed E-state index contributed by atoms with van der Waals surface area (Å²) in [6, 6.07) is 15.6. The number of rotatable bonds is 3. The first-order valence-electron chi connectivity index (χ1n) is 5.86. The van der Waals surface area contributed by atoms with Crippen molar-refractivity contribution in [3.8, 4) is 11.1 Å². The summed E-state index contributed by atoms with van der Waals surface area (Å²) in [5.74, 6) is -0.0737. The SMILES string of the molecule is CNC(=O)c1cccc(-c2ccc(CN)cc2)c1. The minimum atomic E-state index is -0.0737. The Balaban J connectivity index is 2.35. The van der Waals surface area contributed by atoms with Crippen LogP contribution in [0.1, 0.15) is 15.9 Å². The largest absolute Gasteiger partial charge is 0.355 e. The molecule has 18 heavy (non-hydrogen) atoms. The normalized spacial score (nSPS) is 10.1. The standard InChI is InChI=1S/C15H16N2O/c1-17-15(18)14-4-2-3-13(9-14)12-7-5-11(10-16)6-8-12/h2-9H,10,16H2,1H3,(H,17,18). The first-order chi connectivity index (χ1) is 8.74. The summed E-state index contributed by atoms with van der Waals surface area (Å²) in [7, 11) is 1.63. The van der Waals surface area contributed by atoms with Crippen LogP contribution in [-0.2, 0) is 6.54 Å². The molecule has 3 heteroatoms. The van der Waals surface area contributed by atoms with Gasteiger partial charge in [-0.25, -0.2) is 0 Å².